The Morgan fingerprint density at radius 1 is 1.25 bits per heavy atom. The normalized spacial score (nSPS) is 27.1. The Balaban J connectivity index is 2.04. The number of benzene rings is 1. The van der Waals surface area contributed by atoms with Crippen molar-refractivity contribution in [3.8, 4) is 5.75 Å². The predicted octanol–water partition coefficient (Wildman–Crippen LogP) is 4.71. The number of hydrogen-bond acceptors (Lipinski definition) is 2. The molecule has 1 saturated carbocycles. The van der Waals surface area contributed by atoms with E-state index in [1.54, 1.807) is 7.11 Å². The molecule has 110 valence electrons. The van der Waals surface area contributed by atoms with Gasteiger partial charge in [0.1, 0.15) is 5.75 Å². The fourth-order valence-corrected chi connectivity index (χ4v) is 4.47. The summed E-state index contributed by atoms with van der Waals surface area (Å²) in [7, 11) is 1.79. The zero-order chi connectivity index (χ0) is 14.2. The van der Waals surface area contributed by atoms with E-state index in [4.69, 9.17) is 4.74 Å². The third kappa shape index (κ3) is 2.50. The minimum atomic E-state index is 0.127. The molecule has 2 aliphatic rings. The Morgan fingerprint density at radius 3 is 2.60 bits per heavy atom. The van der Waals surface area contributed by atoms with Gasteiger partial charge in [-0.15, -0.1) is 0 Å². The zero-order valence-corrected chi connectivity index (χ0v) is 14.1. The highest BCUT2D eigenvalue weighted by Crippen LogP contribution is 2.44. The lowest BCUT2D eigenvalue weighted by molar-refractivity contribution is 0.398. The van der Waals surface area contributed by atoms with Crippen LogP contribution in [0.2, 0.25) is 0 Å². The van der Waals surface area contributed by atoms with Crippen LogP contribution in [0.5, 0.6) is 5.75 Å². The van der Waals surface area contributed by atoms with Gasteiger partial charge in [0.25, 0.3) is 0 Å². The summed E-state index contributed by atoms with van der Waals surface area (Å²) >= 11 is 3.72. The lowest BCUT2D eigenvalue weighted by Gasteiger charge is -2.28. The smallest absolute Gasteiger partial charge is 0.136 e. The van der Waals surface area contributed by atoms with Crippen LogP contribution in [0.25, 0.3) is 0 Å². The minimum Gasteiger partial charge on any atom is -0.495 e. The van der Waals surface area contributed by atoms with Crippen molar-refractivity contribution in [2.24, 2.45) is 0 Å². The molecular formula is C17H24BrNO. The fraction of sp³-hybridized carbons (Fsp3) is 0.647. The molecule has 0 radical (unpaired) electrons. The first kappa shape index (κ1) is 14.4. The van der Waals surface area contributed by atoms with Crippen LogP contribution in [0, 0.1) is 0 Å². The molecule has 1 aliphatic heterocycles. The Morgan fingerprint density at radius 2 is 2.00 bits per heavy atom. The molecule has 1 N–H and O–H groups in total. The molecule has 0 amide bonds. The highest BCUT2D eigenvalue weighted by Gasteiger charge is 2.32. The molecule has 1 unspecified atom stereocenters. The largest absolute Gasteiger partial charge is 0.495 e. The molecule has 1 atom stereocenters. The quantitative estimate of drug-likeness (QED) is 0.861. The molecular weight excluding hydrogens is 314 g/mol. The standard InChI is InChI=1S/C17H24BrNO/c1-17(8-5-9-19-17)13-10-14(12-6-3-4-7-12)16(20-2)15(18)11-13/h10-12,19H,3-9H2,1-2H3. The van der Waals surface area contributed by atoms with Crippen LogP contribution in [0.15, 0.2) is 16.6 Å². The van der Waals surface area contributed by atoms with Crippen LogP contribution in [0.3, 0.4) is 0 Å². The second-order valence-electron chi connectivity index (χ2n) is 6.42. The summed E-state index contributed by atoms with van der Waals surface area (Å²) < 4.78 is 6.78. The summed E-state index contributed by atoms with van der Waals surface area (Å²) in [5.41, 5.74) is 2.94. The molecule has 20 heavy (non-hydrogen) atoms. The van der Waals surface area contributed by atoms with Gasteiger partial charge in [-0.25, -0.2) is 0 Å². The van der Waals surface area contributed by atoms with Gasteiger partial charge >= 0.3 is 0 Å². The number of hydrogen-bond donors (Lipinski definition) is 1. The van der Waals surface area contributed by atoms with Crippen molar-refractivity contribution < 1.29 is 4.74 Å². The van der Waals surface area contributed by atoms with E-state index in [-0.39, 0.29) is 5.54 Å². The van der Waals surface area contributed by atoms with Gasteiger partial charge in [-0.05, 0) is 84.3 Å². The predicted molar refractivity (Wildman–Crippen MR) is 86.5 cm³/mol. The van der Waals surface area contributed by atoms with E-state index in [0.29, 0.717) is 5.92 Å². The fourth-order valence-electron chi connectivity index (χ4n) is 3.83. The van der Waals surface area contributed by atoms with Crippen LogP contribution in [0.1, 0.15) is 62.5 Å². The van der Waals surface area contributed by atoms with Crippen LogP contribution in [-0.4, -0.2) is 13.7 Å². The minimum absolute atomic E-state index is 0.127. The number of nitrogens with one attached hydrogen (secondary N) is 1. The summed E-state index contributed by atoms with van der Waals surface area (Å²) in [6, 6.07) is 4.65. The van der Waals surface area contributed by atoms with Gasteiger partial charge < -0.3 is 10.1 Å². The van der Waals surface area contributed by atoms with Crippen molar-refractivity contribution >= 4 is 15.9 Å². The van der Waals surface area contributed by atoms with Gasteiger partial charge in [-0.3, -0.25) is 0 Å². The number of halogens is 1. The number of rotatable bonds is 3. The van der Waals surface area contributed by atoms with Crippen LogP contribution >= 0.6 is 15.9 Å². The second-order valence-corrected chi connectivity index (χ2v) is 7.28. The second kappa shape index (κ2) is 5.69. The van der Waals surface area contributed by atoms with E-state index in [9.17, 15) is 0 Å². The highest BCUT2D eigenvalue weighted by atomic mass is 79.9. The van der Waals surface area contributed by atoms with Crippen molar-refractivity contribution in [3.05, 3.63) is 27.7 Å². The van der Waals surface area contributed by atoms with Crippen LogP contribution in [-0.2, 0) is 5.54 Å². The summed E-state index contributed by atoms with van der Waals surface area (Å²) in [5, 5.41) is 3.67. The SMILES string of the molecule is COc1c(Br)cc(C2(C)CCCN2)cc1C1CCCC1. The molecule has 2 fully saturated rings. The average molecular weight is 338 g/mol. The molecule has 1 saturated heterocycles. The Labute approximate surface area is 130 Å². The van der Waals surface area contributed by atoms with Crippen molar-refractivity contribution in [2.45, 2.75) is 56.9 Å². The highest BCUT2D eigenvalue weighted by molar-refractivity contribution is 9.10. The van der Waals surface area contributed by atoms with Gasteiger partial charge in [0.05, 0.1) is 11.6 Å². The molecule has 3 rings (SSSR count). The summed E-state index contributed by atoms with van der Waals surface area (Å²) in [4.78, 5) is 0. The van der Waals surface area contributed by atoms with Crippen molar-refractivity contribution in [1.82, 2.24) is 5.32 Å². The first-order valence-corrected chi connectivity index (χ1v) is 8.56. The first-order valence-electron chi connectivity index (χ1n) is 7.77. The molecule has 1 aromatic carbocycles. The Bertz CT molecular complexity index is 488. The Kier molecular flexibility index (Phi) is 4.09. The molecule has 1 aliphatic carbocycles. The topological polar surface area (TPSA) is 21.3 Å². The van der Waals surface area contributed by atoms with Gasteiger partial charge in [0.15, 0.2) is 0 Å². The lowest BCUT2D eigenvalue weighted by atomic mass is 9.86. The van der Waals surface area contributed by atoms with Gasteiger partial charge in [-0.1, -0.05) is 12.8 Å². The number of ether oxygens (including phenoxy) is 1. The molecule has 0 aromatic heterocycles. The summed E-state index contributed by atoms with van der Waals surface area (Å²) in [6.07, 6.45) is 7.79. The zero-order valence-electron chi connectivity index (χ0n) is 12.5. The Hall–Kier alpha value is -0.540. The van der Waals surface area contributed by atoms with E-state index in [0.717, 1.165) is 16.8 Å². The van der Waals surface area contributed by atoms with E-state index in [1.807, 2.05) is 0 Å². The molecule has 0 spiro atoms. The molecule has 1 aromatic rings. The van der Waals surface area contributed by atoms with Crippen molar-refractivity contribution in [2.75, 3.05) is 13.7 Å². The van der Waals surface area contributed by atoms with Crippen molar-refractivity contribution in [1.29, 1.82) is 0 Å². The molecule has 1 heterocycles. The third-order valence-corrected chi connectivity index (χ3v) is 5.67. The first-order chi connectivity index (χ1) is 9.64. The summed E-state index contributed by atoms with van der Waals surface area (Å²) in [6.45, 7) is 3.45. The lowest BCUT2D eigenvalue weighted by Crippen LogP contribution is -2.33. The monoisotopic (exact) mass is 337 g/mol. The number of methoxy groups -OCH3 is 1. The molecule has 0 bridgehead atoms. The summed E-state index contributed by atoms with van der Waals surface area (Å²) in [5.74, 6) is 1.72. The maximum absolute atomic E-state index is 5.67. The van der Waals surface area contributed by atoms with Gasteiger partial charge in [0.2, 0.25) is 0 Å². The molecule has 2 nitrogen and oxygen atoms in total. The van der Waals surface area contributed by atoms with Crippen LogP contribution < -0.4 is 10.1 Å². The van der Waals surface area contributed by atoms with E-state index in [2.05, 4.69) is 40.3 Å². The van der Waals surface area contributed by atoms with Crippen LogP contribution in [0.4, 0.5) is 0 Å². The average Bonchev–Trinajstić information content (AvgIpc) is 3.09. The van der Waals surface area contributed by atoms with E-state index >= 15 is 0 Å². The van der Waals surface area contributed by atoms with Gasteiger partial charge in [-0.2, -0.15) is 0 Å². The maximum Gasteiger partial charge on any atom is 0.136 e. The molecule has 3 heteroatoms. The van der Waals surface area contributed by atoms with Gasteiger partial charge in [0, 0.05) is 5.54 Å². The van der Waals surface area contributed by atoms with E-state index < -0.39 is 0 Å². The van der Waals surface area contributed by atoms with Crippen molar-refractivity contribution in [3.63, 3.8) is 0 Å². The third-order valence-electron chi connectivity index (χ3n) is 5.08. The maximum atomic E-state index is 5.67. The van der Waals surface area contributed by atoms with E-state index in [1.165, 1.54) is 49.7 Å².